The molecule has 0 radical (unpaired) electrons. The van der Waals surface area contributed by atoms with Crippen molar-refractivity contribution in [2.24, 2.45) is 0 Å². The summed E-state index contributed by atoms with van der Waals surface area (Å²) in [5.74, 6) is 0.880. The summed E-state index contributed by atoms with van der Waals surface area (Å²) in [6.45, 7) is 0. The maximum absolute atomic E-state index is 12.3. The molecule has 5 nitrogen and oxygen atoms in total. The Morgan fingerprint density at radius 3 is 2.43 bits per heavy atom. The van der Waals surface area contributed by atoms with Gasteiger partial charge in [0.05, 0.1) is 0 Å². The number of rotatable bonds is 3. The summed E-state index contributed by atoms with van der Waals surface area (Å²) < 4.78 is 6.06. The Balaban J connectivity index is 1.39. The van der Waals surface area contributed by atoms with Gasteiger partial charge in [-0.05, 0) is 37.8 Å². The van der Waals surface area contributed by atoms with Crippen molar-refractivity contribution < 1.29 is 9.53 Å². The van der Waals surface area contributed by atoms with Crippen molar-refractivity contribution in [3.63, 3.8) is 0 Å². The van der Waals surface area contributed by atoms with Gasteiger partial charge in [-0.15, -0.1) is 0 Å². The zero-order valence-electron chi connectivity index (χ0n) is 12.1. The van der Waals surface area contributed by atoms with Crippen molar-refractivity contribution in [1.82, 2.24) is 15.2 Å². The molecule has 2 unspecified atom stereocenters. The molecule has 2 saturated heterocycles. The van der Waals surface area contributed by atoms with E-state index in [1.807, 2.05) is 12.1 Å². The number of hydrogen-bond acceptors (Lipinski definition) is 3. The lowest BCUT2D eigenvalue weighted by Gasteiger charge is -2.38. The molecule has 2 aliphatic heterocycles. The molecule has 2 amide bonds. The molecule has 3 aliphatic rings. The van der Waals surface area contributed by atoms with Crippen LogP contribution in [-0.2, 0) is 0 Å². The number of piperidine rings is 1. The maximum atomic E-state index is 12.3. The van der Waals surface area contributed by atoms with Crippen LogP contribution in [0.25, 0.3) is 0 Å². The average Bonchev–Trinajstić information content (AvgIpc) is 3.25. The van der Waals surface area contributed by atoms with Crippen molar-refractivity contribution in [3.05, 3.63) is 24.5 Å². The molecule has 0 spiro atoms. The van der Waals surface area contributed by atoms with E-state index < -0.39 is 0 Å². The fraction of sp³-hybridized carbons (Fsp3) is 0.625. The molecule has 1 saturated carbocycles. The molecule has 1 aliphatic carbocycles. The summed E-state index contributed by atoms with van der Waals surface area (Å²) in [6.07, 6.45) is 10.1. The highest BCUT2D eigenvalue weighted by atomic mass is 16.5. The lowest BCUT2D eigenvalue weighted by molar-refractivity contribution is 0.0686. The number of hydrogen-bond donors (Lipinski definition) is 1. The standard InChI is InChI=1S/C16H21N3O2/c20-16(18-11-1-2-11)19-12-3-4-13(19)10-15(9-12)21-14-5-7-17-8-6-14/h5-8,11-13,15H,1-4,9-10H2,(H,18,20). The minimum absolute atomic E-state index is 0.146. The van der Waals surface area contributed by atoms with Crippen molar-refractivity contribution in [1.29, 1.82) is 0 Å². The predicted molar refractivity (Wildman–Crippen MR) is 78.1 cm³/mol. The molecule has 1 aromatic rings. The summed E-state index contributed by atoms with van der Waals surface area (Å²) in [4.78, 5) is 18.4. The van der Waals surface area contributed by atoms with Crippen LogP contribution in [0.1, 0.15) is 38.5 Å². The van der Waals surface area contributed by atoms with Gasteiger partial charge in [0, 0.05) is 43.4 Å². The summed E-state index contributed by atoms with van der Waals surface area (Å²) in [7, 11) is 0. The number of pyridine rings is 1. The zero-order valence-corrected chi connectivity index (χ0v) is 12.1. The molecule has 1 N–H and O–H groups in total. The number of nitrogens with one attached hydrogen (secondary N) is 1. The first kappa shape index (κ1) is 12.9. The van der Waals surface area contributed by atoms with Crippen LogP contribution < -0.4 is 10.1 Å². The Hall–Kier alpha value is -1.78. The highest BCUT2D eigenvalue weighted by Crippen LogP contribution is 2.37. The Labute approximate surface area is 124 Å². The average molecular weight is 287 g/mol. The molecule has 4 rings (SSSR count). The van der Waals surface area contributed by atoms with Crippen molar-refractivity contribution in [2.75, 3.05) is 0 Å². The number of carbonyl (C=O) groups is 1. The van der Waals surface area contributed by atoms with Gasteiger partial charge in [0.2, 0.25) is 0 Å². The third kappa shape index (κ3) is 2.69. The van der Waals surface area contributed by atoms with Crippen molar-refractivity contribution >= 4 is 6.03 Å². The Morgan fingerprint density at radius 2 is 1.81 bits per heavy atom. The first-order valence-electron chi connectivity index (χ1n) is 7.95. The second-order valence-electron chi connectivity index (χ2n) is 6.41. The molecule has 2 bridgehead atoms. The molecule has 0 aromatic carbocycles. The largest absolute Gasteiger partial charge is 0.490 e. The van der Waals surface area contributed by atoms with E-state index in [2.05, 4.69) is 15.2 Å². The molecule has 2 atom stereocenters. The lowest BCUT2D eigenvalue weighted by Crippen LogP contribution is -2.53. The van der Waals surface area contributed by atoms with Gasteiger partial charge in [-0.25, -0.2) is 4.79 Å². The minimum atomic E-state index is 0.146. The van der Waals surface area contributed by atoms with Gasteiger partial charge < -0.3 is 15.0 Å². The van der Waals surface area contributed by atoms with Crippen LogP contribution in [0.5, 0.6) is 5.75 Å². The second-order valence-corrected chi connectivity index (χ2v) is 6.41. The molecule has 112 valence electrons. The number of carbonyl (C=O) groups excluding carboxylic acids is 1. The summed E-state index contributed by atoms with van der Waals surface area (Å²) in [5.41, 5.74) is 0. The Kier molecular flexibility index (Phi) is 3.20. The van der Waals surface area contributed by atoms with Gasteiger partial charge >= 0.3 is 6.03 Å². The third-order valence-electron chi connectivity index (χ3n) is 4.78. The summed E-state index contributed by atoms with van der Waals surface area (Å²) in [5, 5.41) is 3.13. The minimum Gasteiger partial charge on any atom is -0.490 e. The number of aromatic nitrogens is 1. The Morgan fingerprint density at radius 1 is 1.14 bits per heavy atom. The molecule has 3 heterocycles. The lowest BCUT2D eigenvalue weighted by atomic mass is 10.00. The van der Waals surface area contributed by atoms with Crippen molar-refractivity contribution in [2.45, 2.75) is 62.8 Å². The predicted octanol–water partition coefficient (Wildman–Crippen LogP) is 2.33. The normalized spacial score (nSPS) is 31.0. The maximum Gasteiger partial charge on any atom is 0.318 e. The smallest absolute Gasteiger partial charge is 0.318 e. The SMILES string of the molecule is O=C(NC1CC1)N1C2CCC1CC(Oc1ccncc1)C2. The Bertz CT molecular complexity index is 504. The monoisotopic (exact) mass is 287 g/mol. The van der Waals surface area contributed by atoms with Gasteiger partial charge in [-0.2, -0.15) is 0 Å². The highest BCUT2D eigenvalue weighted by molar-refractivity contribution is 5.76. The van der Waals surface area contributed by atoms with E-state index >= 15 is 0 Å². The number of nitrogens with zero attached hydrogens (tertiary/aromatic N) is 2. The molecule has 3 fully saturated rings. The van der Waals surface area contributed by atoms with Crippen LogP contribution in [0.2, 0.25) is 0 Å². The number of urea groups is 1. The van der Waals surface area contributed by atoms with Crippen LogP contribution >= 0.6 is 0 Å². The second kappa shape index (κ2) is 5.20. The highest BCUT2D eigenvalue weighted by Gasteiger charge is 2.44. The van der Waals surface area contributed by atoms with Crippen LogP contribution in [0, 0.1) is 0 Å². The van der Waals surface area contributed by atoms with Gasteiger partial charge in [0.1, 0.15) is 11.9 Å². The van der Waals surface area contributed by atoms with Crippen molar-refractivity contribution in [3.8, 4) is 5.75 Å². The van der Waals surface area contributed by atoms with E-state index in [1.165, 1.54) is 0 Å². The van der Waals surface area contributed by atoms with Gasteiger partial charge in [0.15, 0.2) is 0 Å². The van der Waals surface area contributed by atoms with Crippen LogP contribution in [0.4, 0.5) is 4.79 Å². The van der Waals surface area contributed by atoms with E-state index in [0.717, 1.165) is 44.3 Å². The first-order chi connectivity index (χ1) is 10.3. The van der Waals surface area contributed by atoms with Gasteiger partial charge in [-0.3, -0.25) is 4.98 Å². The quantitative estimate of drug-likeness (QED) is 0.928. The molecular weight excluding hydrogens is 266 g/mol. The molecule has 21 heavy (non-hydrogen) atoms. The first-order valence-corrected chi connectivity index (χ1v) is 7.95. The van der Waals surface area contributed by atoms with Gasteiger partial charge in [0.25, 0.3) is 0 Å². The van der Waals surface area contributed by atoms with E-state index in [-0.39, 0.29) is 12.1 Å². The summed E-state index contributed by atoms with van der Waals surface area (Å²) >= 11 is 0. The van der Waals surface area contributed by atoms with Gasteiger partial charge in [-0.1, -0.05) is 0 Å². The van der Waals surface area contributed by atoms with Crippen LogP contribution in [-0.4, -0.2) is 40.1 Å². The van der Waals surface area contributed by atoms with E-state index in [4.69, 9.17) is 4.74 Å². The number of ether oxygens (including phenoxy) is 1. The van der Waals surface area contributed by atoms with E-state index in [9.17, 15) is 4.79 Å². The third-order valence-corrected chi connectivity index (χ3v) is 4.78. The molecular formula is C16H21N3O2. The number of fused-ring (bicyclic) bond motifs is 2. The molecule has 1 aromatic heterocycles. The number of amides is 2. The topological polar surface area (TPSA) is 54.5 Å². The van der Waals surface area contributed by atoms with E-state index in [1.54, 1.807) is 12.4 Å². The molecule has 5 heteroatoms. The van der Waals surface area contributed by atoms with Crippen LogP contribution in [0.3, 0.4) is 0 Å². The zero-order chi connectivity index (χ0) is 14.2. The van der Waals surface area contributed by atoms with E-state index in [0.29, 0.717) is 18.1 Å². The van der Waals surface area contributed by atoms with Crippen LogP contribution in [0.15, 0.2) is 24.5 Å². The fourth-order valence-corrected chi connectivity index (χ4v) is 3.64. The summed E-state index contributed by atoms with van der Waals surface area (Å²) in [6, 6.07) is 5.06. The fourth-order valence-electron chi connectivity index (χ4n) is 3.64.